The van der Waals surface area contributed by atoms with Gasteiger partial charge in [0.2, 0.25) is 0 Å². The Bertz CT molecular complexity index is 465. The zero-order valence-electron chi connectivity index (χ0n) is 10.7. The maximum Gasteiger partial charge on any atom is -0.0149 e. The van der Waals surface area contributed by atoms with Crippen LogP contribution in [0.5, 0.6) is 0 Å². The van der Waals surface area contributed by atoms with Gasteiger partial charge in [-0.1, -0.05) is 75.6 Å². The molecule has 0 aromatic heterocycles. The Kier molecular flexibility index (Phi) is 4.19. The molecule has 0 spiro atoms. The minimum Gasteiger partial charge on any atom is -0.0616 e. The van der Waals surface area contributed by atoms with Crippen molar-refractivity contribution in [1.29, 1.82) is 0 Å². The van der Waals surface area contributed by atoms with E-state index in [0.29, 0.717) is 5.92 Å². The van der Waals surface area contributed by atoms with E-state index in [9.17, 15) is 0 Å². The predicted molar refractivity (Wildman–Crippen MR) is 76.2 cm³/mol. The van der Waals surface area contributed by atoms with E-state index in [1.54, 1.807) is 0 Å². The maximum atomic E-state index is 3.91. The van der Waals surface area contributed by atoms with Crippen molar-refractivity contribution < 1.29 is 0 Å². The third-order valence-corrected chi connectivity index (χ3v) is 3.49. The Labute approximate surface area is 105 Å². The average Bonchev–Trinajstić information content (AvgIpc) is 2.38. The highest BCUT2D eigenvalue weighted by Gasteiger charge is 2.08. The van der Waals surface area contributed by atoms with Crippen LogP contribution in [-0.4, -0.2) is 0 Å². The number of hydrogen-bond acceptors (Lipinski definition) is 0. The van der Waals surface area contributed by atoms with Crippen LogP contribution in [0.25, 0.3) is 10.8 Å². The van der Waals surface area contributed by atoms with Gasteiger partial charge in [0.05, 0.1) is 0 Å². The van der Waals surface area contributed by atoms with Gasteiger partial charge in [-0.05, 0) is 28.7 Å². The second-order valence-electron chi connectivity index (χ2n) is 4.82. The molecule has 0 aliphatic rings. The quantitative estimate of drug-likeness (QED) is 0.603. The van der Waals surface area contributed by atoms with Crippen LogP contribution in [0.15, 0.2) is 42.5 Å². The first-order valence-corrected chi connectivity index (χ1v) is 6.60. The van der Waals surface area contributed by atoms with Crippen LogP contribution in [0, 0.1) is 6.92 Å². The molecule has 17 heavy (non-hydrogen) atoms. The lowest BCUT2D eigenvalue weighted by Gasteiger charge is -2.14. The molecule has 2 aromatic rings. The summed E-state index contributed by atoms with van der Waals surface area (Å²) in [5.74, 6) is 0.646. The van der Waals surface area contributed by atoms with Crippen molar-refractivity contribution in [2.75, 3.05) is 0 Å². The van der Waals surface area contributed by atoms with Gasteiger partial charge in [-0.25, -0.2) is 0 Å². The van der Waals surface area contributed by atoms with Crippen molar-refractivity contribution in [3.05, 3.63) is 55.0 Å². The first-order chi connectivity index (χ1) is 8.33. The highest BCUT2D eigenvalue weighted by Crippen LogP contribution is 2.28. The van der Waals surface area contributed by atoms with Gasteiger partial charge >= 0.3 is 0 Å². The van der Waals surface area contributed by atoms with Gasteiger partial charge in [0.25, 0.3) is 0 Å². The molecule has 0 fully saturated rings. The molecule has 89 valence electrons. The fraction of sp³-hybridized carbons (Fsp3) is 0.353. The van der Waals surface area contributed by atoms with Gasteiger partial charge in [-0.3, -0.25) is 0 Å². The molecular formula is C17H21. The Balaban J connectivity index is 2.22. The van der Waals surface area contributed by atoms with Crippen molar-refractivity contribution >= 4 is 10.8 Å². The summed E-state index contributed by atoms with van der Waals surface area (Å²) in [6.45, 7) is 6.24. The molecule has 0 heterocycles. The molecule has 1 atom stereocenters. The molecule has 0 nitrogen and oxygen atoms in total. The van der Waals surface area contributed by atoms with E-state index in [2.05, 4.69) is 56.3 Å². The van der Waals surface area contributed by atoms with Gasteiger partial charge < -0.3 is 0 Å². The van der Waals surface area contributed by atoms with Gasteiger partial charge in [0.1, 0.15) is 0 Å². The van der Waals surface area contributed by atoms with Crippen molar-refractivity contribution in [3.63, 3.8) is 0 Å². The first kappa shape index (κ1) is 12.2. The van der Waals surface area contributed by atoms with Crippen LogP contribution < -0.4 is 0 Å². The van der Waals surface area contributed by atoms with Gasteiger partial charge in [0.15, 0.2) is 0 Å². The van der Waals surface area contributed by atoms with Crippen LogP contribution >= 0.6 is 0 Å². The molecule has 0 heteroatoms. The van der Waals surface area contributed by atoms with E-state index in [-0.39, 0.29) is 0 Å². The van der Waals surface area contributed by atoms with E-state index in [4.69, 9.17) is 0 Å². The van der Waals surface area contributed by atoms with E-state index in [0.717, 1.165) is 6.42 Å². The minimum absolute atomic E-state index is 0.646. The number of benzene rings is 2. The van der Waals surface area contributed by atoms with E-state index < -0.39 is 0 Å². The van der Waals surface area contributed by atoms with Crippen molar-refractivity contribution in [2.45, 2.75) is 38.5 Å². The van der Waals surface area contributed by atoms with Crippen LogP contribution in [0.2, 0.25) is 0 Å². The van der Waals surface area contributed by atoms with E-state index in [1.807, 2.05) is 0 Å². The molecular weight excluding hydrogens is 204 g/mol. The van der Waals surface area contributed by atoms with Crippen molar-refractivity contribution in [3.8, 4) is 0 Å². The Hall–Kier alpha value is -1.30. The fourth-order valence-corrected chi connectivity index (χ4v) is 2.46. The summed E-state index contributed by atoms with van der Waals surface area (Å²) in [5, 5.41) is 2.77. The third-order valence-electron chi connectivity index (χ3n) is 3.49. The summed E-state index contributed by atoms with van der Waals surface area (Å²) < 4.78 is 0. The Morgan fingerprint density at radius 2 is 1.76 bits per heavy atom. The molecule has 1 unspecified atom stereocenters. The van der Waals surface area contributed by atoms with Crippen molar-refractivity contribution in [1.82, 2.24) is 0 Å². The van der Waals surface area contributed by atoms with E-state index >= 15 is 0 Å². The summed E-state index contributed by atoms with van der Waals surface area (Å²) in [4.78, 5) is 0. The van der Waals surface area contributed by atoms with Crippen LogP contribution in [0.1, 0.15) is 44.1 Å². The molecule has 0 saturated heterocycles. The minimum atomic E-state index is 0.646. The van der Waals surface area contributed by atoms with E-state index in [1.165, 1.54) is 35.6 Å². The molecule has 1 radical (unpaired) electrons. The second kappa shape index (κ2) is 5.86. The summed E-state index contributed by atoms with van der Waals surface area (Å²) in [6, 6.07) is 15.3. The Morgan fingerprint density at radius 1 is 1.00 bits per heavy atom. The summed E-state index contributed by atoms with van der Waals surface area (Å²) >= 11 is 0. The molecule has 0 aliphatic heterocycles. The zero-order chi connectivity index (χ0) is 12.1. The summed E-state index contributed by atoms with van der Waals surface area (Å²) in [7, 11) is 0. The standard InChI is InChI=1S/C17H21/c1-3-4-5-9-14(2)16-13-8-11-15-10-6-7-12-17(15)16/h6-8,10-14H,1,3-5,9H2,2H3. The van der Waals surface area contributed by atoms with Gasteiger partial charge in [0, 0.05) is 0 Å². The van der Waals surface area contributed by atoms with Crippen LogP contribution in [0.4, 0.5) is 0 Å². The molecule has 0 bridgehead atoms. The molecule has 0 amide bonds. The molecule has 0 saturated carbocycles. The largest absolute Gasteiger partial charge is 0.0616 e. The highest BCUT2D eigenvalue weighted by atomic mass is 14.1. The maximum absolute atomic E-state index is 3.91. The lowest BCUT2D eigenvalue weighted by Crippen LogP contribution is -1.95. The molecule has 0 aliphatic carbocycles. The molecule has 2 aromatic carbocycles. The Morgan fingerprint density at radius 3 is 2.59 bits per heavy atom. The first-order valence-electron chi connectivity index (χ1n) is 6.60. The SMILES string of the molecule is [CH2]CCCCC(C)c1cccc2ccccc12. The summed E-state index contributed by atoms with van der Waals surface area (Å²) in [6.07, 6.45) is 4.86. The number of fused-ring (bicyclic) bond motifs is 1. The third kappa shape index (κ3) is 2.88. The van der Waals surface area contributed by atoms with Crippen LogP contribution in [0.3, 0.4) is 0 Å². The van der Waals surface area contributed by atoms with Crippen molar-refractivity contribution in [2.24, 2.45) is 0 Å². The topological polar surface area (TPSA) is 0 Å². The predicted octanol–water partition coefficient (Wildman–Crippen LogP) is 5.34. The summed E-state index contributed by atoms with van der Waals surface area (Å²) in [5.41, 5.74) is 1.49. The second-order valence-corrected chi connectivity index (χ2v) is 4.82. The zero-order valence-corrected chi connectivity index (χ0v) is 10.7. The normalized spacial score (nSPS) is 12.8. The lowest BCUT2D eigenvalue weighted by molar-refractivity contribution is 0.611. The molecule has 0 N–H and O–H groups in total. The number of hydrogen-bond donors (Lipinski definition) is 0. The van der Waals surface area contributed by atoms with Gasteiger partial charge in [-0.15, -0.1) is 0 Å². The average molecular weight is 225 g/mol. The number of rotatable bonds is 5. The lowest BCUT2D eigenvalue weighted by atomic mass is 9.91. The smallest absolute Gasteiger partial charge is 0.0149 e. The van der Waals surface area contributed by atoms with Gasteiger partial charge in [-0.2, -0.15) is 0 Å². The van der Waals surface area contributed by atoms with Crippen LogP contribution in [-0.2, 0) is 0 Å². The molecule has 2 rings (SSSR count). The highest BCUT2D eigenvalue weighted by molar-refractivity contribution is 5.86. The number of unbranched alkanes of at least 4 members (excludes halogenated alkanes) is 2. The monoisotopic (exact) mass is 225 g/mol. The fourth-order valence-electron chi connectivity index (χ4n) is 2.46.